The van der Waals surface area contributed by atoms with E-state index in [0.29, 0.717) is 22.1 Å². The number of amides is 1. The maximum Gasteiger partial charge on any atom is 0.296 e. The van der Waals surface area contributed by atoms with Gasteiger partial charge in [0.15, 0.2) is 5.75 Å². The third-order valence-corrected chi connectivity index (χ3v) is 6.90. The molecule has 4 aromatic rings. The fraction of sp³-hybridized carbons (Fsp3) is 0.0800. The normalized spacial score (nSPS) is 11.7. The number of ether oxygens (including phenoxy) is 1. The summed E-state index contributed by atoms with van der Waals surface area (Å²) in [5.74, 6) is -0.834. The Morgan fingerprint density at radius 3 is 2.41 bits per heavy atom. The highest BCUT2D eigenvalue weighted by molar-refractivity contribution is 7.86. The molecule has 4 rings (SSSR count). The lowest BCUT2D eigenvalue weighted by Crippen LogP contribution is -2.12. The SMILES string of the molecule is COc1cccc(NC(=O)c2cc3ccccc3c(N=Nc3c(C)cc(Cl)cc3S(=O)(=O)O)c2O)c1Cl. The summed E-state index contributed by atoms with van der Waals surface area (Å²) in [6.07, 6.45) is 0. The molecular formula is C25H19Cl2N3O6S. The van der Waals surface area contributed by atoms with Crippen LogP contribution in [0.2, 0.25) is 10.0 Å². The quantitative estimate of drug-likeness (QED) is 0.170. The maximum atomic E-state index is 13.2. The number of anilines is 1. The van der Waals surface area contributed by atoms with Gasteiger partial charge in [0.05, 0.1) is 18.4 Å². The molecule has 0 saturated carbocycles. The van der Waals surface area contributed by atoms with Gasteiger partial charge in [0.1, 0.15) is 27.0 Å². The van der Waals surface area contributed by atoms with E-state index in [1.807, 2.05) is 0 Å². The van der Waals surface area contributed by atoms with Gasteiger partial charge in [-0.15, -0.1) is 10.2 Å². The second-order valence-electron chi connectivity index (χ2n) is 7.86. The van der Waals surface area contributed by atoms with Gasteiger partial charge in [0, 0.05) is 10.4 Å². The molecular weight excluding hydrogens is 541 g/mol. The summed E-state index contributed by atoms with van der Waals surface area (Å²) in [4.78, 5) is 12.6. The zero-order valence-corrected chi connectivity index (χ0v) is 21.7. The van der Waals surface area contributed by atoms with Crippen LogP contribution in [0.5, 0.6) is 11.5 Å². The van der Waals surface area contributed by atoms with E-state index < -0.39 is 26.7 Å². The number of methoxy groups -OCH3 is 1. The minimum absolute atomic E-state index is 0.0762. The maximum absolute atomic E-state index is 13.2. The highest BCUT2D eigenvalue weighted by atomic mass is 35.5. The first kappa shape index (κ1) is 26.4. The zero-order valence-electron chi connectivity index (χ0n) is 19.4. The van der Waals surface area contributed by atoms with E-state index in [1.54, 1.807) is 42.5 Å². The number of aromatic hydroxyl groups is 1. The van der Waals surface area contributed by atoms with Gasteiger partial charge in [-0.05, 0) is 48.2 Å². The highest BCUT2D eigenvalue weighted by Gasteiger charge is 2.22. The molecule has 0 aliphatic rings. The number of hydrogen-bond donors (Lipinski definition) is 3. The summed E-state index contributed by atoms with van der Waals surface area (Å²) in [6, 6.07) is 15.6. The largest absolute Gasteiger partial charge is 0.505 e. The molecule has 3 N–H and O–H groups in total. The molecule has 37 heavy (non-hydrogen) atoms. The minimum atomic E-state index is -4.69. The molecule has 4 aromatic carbocycles. The lowest BCUT2D eigenvalue weighted by Gasteiger charge is -2.13. The van der Waals surface area contributed by atoms with Crippen molar-refractivity contribution in [1.29, 1.82) is 0 Å². The summed E-state index contributed by atoms with van der Waals surface area (Å²) in [7, 11) is -3.25. The van der Waals surface area contributed by atoms with Crippen molar-refractivity contribution in [1.82, 2.24) is 0 Å². The topological polar surface area (TPSA) is 138 Å². The molecule has 9 nitrogen and oxygen atoms in total. The van der Waals surface area contributed by atoms with Crippen LogP contribution in [0.25, 0.3) is 10.8 Å². The van der Waals surface area contributed by atoms with Crippen LogP contribution in [0, 0.1) is 6.92 Å². The smallest absolute Gasteiger partial charge is 0.296 e. The summed E-state index contributed by atoms with van der Waals surface area (Å²) >= 11 is 12.2. The van der Waals surface area contributed by atoms with Gasteiger partial charge in [-0.25, -0.2) is 0 Å². The monoisotopic (exact) mass is 559 g/mol. The number of rotatable bonds is 6. The Bertz CT molecular complexity index is 1690. The first-order valence-corrected chi connectivity index (χ1v) is 12.8. The number of carbonyl (C=O) groups is 1. The number of phenols is 1. The number of hydrogen-bond acceptors (Lipinski definition) is 7. The van der Waals surface area contributed by atoms with Crippen molar-refractivity contribution in [3.8, 4) is 11.5 Å². The standard InChI is InChI=1S/C25H19Cl2N3O6S/c1-13-10-15(26)12-20(37(33,34)35)22(13)29-30-23-16-7-4-3-6-14(16)11-17(24(23)31)25(32)28-18-8-5-9-19(36-2)21(18)27/h3-12,31H,1-2H3,(H,28,32)(H,33,34,35). The van der Waals surface area contributed by atoms with E-state index in [2.05, 4.69) is 15.5 Å². The Morgan fingerprint density at radius 1 is 1.00 bits per heavy atom. The van der Waals surface area contributed by atoms with Crippen molar-refractivity contribution in [3.63, 3.8) is 0 Å². The van der Waals surface area contributed by atoms with Crippen LogP contribution in [0.3, 0.4) is 0 Å². The zero-order chi connectivity index (χ0) is 26.9. The van der Waals surface area contributed by atoms with Gasteiger partial charge in [0.2, 0.25) is 0 Å². The highest BCUT2D eigenvalue weighted by Crippen LogP contribution is 2.41. The fourth-order valence-corrected chi connectivity index (χ4v) is 4.99. The van der Waals surface area contributed by atoms with Crippen molar-refractivity contribution in [2.45, 2.75) is 11.8 Å². The summed E-state index contributed by atoms with van der Waals surface area (Å²) in [5.41, 5.74) is 0.184. The number of nitrogens with zero attached hydrogens (tertiary/aromatic N) is 2. The van der Waals surface area contributed by atoms with Crippen molar-refractivity contribution < 1.29 is 27.6 Å². The summed E-state index contributed by atoms with van der Waals surface area (Å²) in [5, 5.41) is 23.1. The number of aryl methyl sites for hydroxylation is 1. The van der Waals surface area contributed by atoms with Gasteiger partial charge in [0.25, 0.3) is 16.0 Å². The molecule has 0 radical (unpaired) electrons. The molecule has 0 saturated heterocycles. The van der Waals surface area contributed by atoms with Crippen molar-refractivity contribution in [3.05, 3.63) is 81.8 Å². The molecule has 0 aliphatic heterocycles. The first-order valence-electron chi connectivity index (χ1n) is 10.6. The van der Waals surface area contributed by atoms with Crippen LogP contribution in [0.1, 0.15) is 15.9 Å². The number of azo groups is 1. The minimum Gasteiger partial charge on any atom is -0.505 e. The van der Waals surface area contributed by atoms with E-state index in [1.165, 1.54) is 26.2 Å². The molecule has 0 atom stereocenters. The summed E-state index contributed by atoms with van der Waals surface area (Å²) in [6.45, 7) is 1.54. The molecule has 0 aromatic heterocycles. The Morgan fingerprint density at radius 2 is 1.70 bits per heavy atom. The Kier molecular flexibility index (Phi) is 7.37. The molecule has 0 fully saturated rings. The molecule has 0 aliphatic carbocycles. The molecule has 0 spiro atoms. The second-order valence-corrected chi connectivity index (χ2v) is 10.1. The number of nitrogens with one attached hydrogen (secondary N) is 1. The van der Waals surface area contributed by atoms with Crippen LogP contribution in [0.4, 0.5) is 17.1 Å². The van der Waals surface area contributed by atoms with E-state index in [0.717, 1.165) is 6.07 Å². The third kappa shape index (κ3) is 5.37. The Labute approximate surface area is 222 Å². The third-order valence-electron chi connectivity index (χ3n) is 5.43. The van der Waals surface area contributed by atoms with Crippen LogP contribution >= 0.6 is 23.2 Å². The predicted molar refractivity (Wildman–Crippen MR) is 142 cm³/mol. The second kappa shape index (κ2) is 10.3. The number of halogens is 2. The van der Waals surface area contributed by atoms with Crippen molar-refractivity contribution in [2.75, 3.05) is 12.4 Å². The van der Waals surface area contributed by atoms with Gasteiger partial charge in [-0.1, -0.05) is 53.5 Å². The van der Waals surface area contributed by atoms with Gasteiger partial charge >= 0.3 is 0 Å². The first-order chi connectivity index (χ1) is 17.5. The average Bonchev–Trinajstić information content (AvgIpc) is 2.84. The number of carbonyl (C=O) groups excluding carboxylic acids is 1. The van der Waals surface area contributed by atoms with Gasteiger partial charge in [-0.2, -0.15) is 8.42 Å². The van der Waals surface area contributed by atoms with Crippen LogP contribution in [-0.2, 0) is 10.1 Å². The van der Waals surface area contributed by atoms with E-state index in [4.69, 9.17) is 27.9 Å². The number of fused-ring (bicyclic) bond motifs is 1. The average molecular weight is 560 g/mol. The van der Waals surface area contributed by atoms with Gasteiger partial charge < -0.3 is 15.2 Å². The predicted octanol–water partition coefficient (Wildman–Crippen LogP) is 7.08. The number of phenolic OH excluding ortho intramolecular Hbond substituents is 1. The lowest BCUT2D eigenvalue weighted by molar-refractivity contribution is 0.102. The molecule has 0 bridgehead atoms. The van der Waals surface area contributed by atoms with Crippen LogP contribution in [-0.4, -0.2) is 31.1 Å². The molecule has 190 valence electrons. The van der Waals surface area contributed by atoms with Crippen LogP contribution < -0.4 is 10.1 Å². The van der Waals surface area contributed by atoms with E-state index >= 15 is 0 Å². The van der Waals surface area contributed by atoms with Crippen molar-refractivity contribution >= 4 is 67.1 Å². The van der Waals surface area contributed by atoms with Crippen LogP contribution in [0.15, 0.2) is 75.8 Å². The summed E-state index contributed by atoms with van der Waals surface area (Å²) < 4.78 is 38.6. The fourth-order valence-electron chi connectivity index (χ4n) is 3.68. The molecule has 0 heterocycles. The molecule has 0 unspecified atom stereocenters. The van der Waals surface area contributed by atoms with Gasteiger partial charge in [-0.3, -0.25) is 9.35 Å². The van der Waals surface area contributed by atoms with E-state index in [9.17, 15) is 22.9 Å². The molecule has 1 amide bonds. The lowest BCUT2D eigenvalue weighted by atomic mass is 10.0. The van der Waals surface area contributed by atoms with Crippen molar-refractivity contribution in [2.24, 2.45) is 10.2 Å². The molecule has 12 heteroatoms. The number of benzene rings is 4. The Hall–Kier alpha value is -3.70. The Balaban J connectivity index is 1.85. The van der Waals surface area contributed by atoms with E-state index in [-0.39, 0.29) is 32.7 Å².